The van der Waals surface area contributed by atoms with Crippen molar-refractivity contribution in [1.82, 2.24) is 30.0 Å². The number of hydrogen-bond donors (Lipinski definition) is 0. The Bertz CT molecular complexity index is 1290. The molecular formula is C25H30N6O6. The van der Waals surface area contributed by atoms with Gasteiger partial charge in [-0.15, -0.1) is 5.10 Å². The maximum atomic E-state index is 13.5. The average Bonchev–Trinajstić information content (AvgIpc) is 3.59. The van der Waals surface area contributed by atoms with Gasteiger partial charge in [0.25, 0.3) is 5.91 Å². The minimum atomic E-state index is -0.544. The Kier molecular flexibility index (Phi) is 6.96. The number of methoxy groups -OCH3 is 3. The first-order valence-corrected chi connectivity index (χ1v) is 11.9. The number of benzene rings is 2. The highest BCUT2D eigenvalue weighted by atomic mass is 16.7. The SMILES string of the molecule is COc1c2c(cc3c1[C@H](c1nnnn1-c1ccccc1C(=O)N(C)CC(OC)OC)N(C)CC3)OCO2. The molecule has 5 rings (SSSR count). The number of carbonyl (C=O) groups is 1. The Morgan fingerprint density at radius 1 is 1.22 bits per heavy atom. The van der Waals surface area contributed by atoms with E-state index in [1.807, 2.05) is 31.3 Å². The smallest absolute Gasteiger partial charge is 0.255 e. The van der Waals surface area contributed by atoms with Gasteiger partial charge in [0.05, 0.1) is 24.9 Å². The molecule has 0 saturated heterocycles. The number of aromatic nitrogens is 4. The van der Waals surface area contributed by atoms with E-state index in [9.17, 15) is 4.79 Å². The third kappa shape index (κ3) is 4.37. The van der Waals surface area contributed by atoms with Gasteiger partial charge in [-0.3, -0.25) is 9.69 Å². The van der Waals surface area contributed by atoms with E-state index in [2.05, 4.69) is 20.4 Å². The maximum Gasteiger partial charge on any atom is 0.255 e. The summed E-state index contributed by atoms with van der Waals surface area (Å²) < 4.78 is 29.4. The fourth-order valence-electron chi connectivity index (χ4n) is 4.89. The molecule has 0 fully saturated rings. The van der Waals surface area contributed by atoms with E-state index in [0.29, 0.717) is 34.3 Å². The van der Waals surface area contributed by atoms with E-state index < -0.39 is 6.29 Å². The van der Waals surface area contributed by atoms with Crippen LogP contribution in [-0.2, 0) is 15.9 Å². The topological polar surface area (TPSA) is 113 Å². The van der Waals surface area contributed by atoms with E-state index in [0.717, 1.165) is 24.1 Å². The lowest BCUT2D eigenvalue weighted by molar-refractivity contribution is -0.110. The monoisotopic (exact) mass is 510 g/mol. The Morgan fingerprint density at radius 2 is 2.00 bits per heavy atom. The largest absolute Gasteiger partial charge is 0.492 e. The zero-order chi connectivity index (χ0) is 26.1. The number of hydrogen-bond acceptors (Lipinski definition) is 10. The average molecular weight is 511 g/mol. The van der Waals surface area contributed by atoms with Crippen molar-refractivity contribution in [2.24, 2.45) is 0 Å². The van der Waals surface area contributed by atoms with Crippen molar-refractivity contribution in [2.75, 3.05) is 55.3 Å². The van der Waals surface area contributed by atoms with Gasteiger partial charge in [0.15, 0.2) is 23.6 Å². The van der Waals surface area contributed by atoms with E-state index in [4.69, 9.17) is 23.7 Å². The van der Waals surface area contributed by atoms with Crippen molar-refractivity contribution in [3.63, 3.8) is 0 Å². The number of amides is 1. The van der Waals surface area contributed by atoms with Gasteiger partial charge in [-0.2, -0.15) is 4.68 Å². The van der Waals surface area contributed by atoms with Gasteiger partial charge in [0.2, 0.25) is 12.5 Å². The number of ether oxygens (including phenoxy) is 5. The molecule has 1 aromatic heterocycles. The van der Waals surface area contributed by atoms with Crippen LogP contribution in [0, 0.1) is 0 Å². The van der Waals surface area contributed by atoms with Crippen molar-refractivity contribution in [1.29, 1.82) is 0 Å². The number of likely N-dealkylation sites (N-methyl/N-ethyl adjacent to an activating group) is 2. The van der Waals surface area contributed by atoms with Crippen molar-refractivity contribution in [3.05, 3.63) is 52.8 Å². The summed E-state index contributed by atoms with van der Waals surface area (Å²) in [5.74, 6) is 2.18. The molecule has 2 aromatic carbocycles. The van der Waals surface area contributed by atoms with Crippen LogP contribution in [0.15, 0.2) is 30.3 Å². The molecule has 0 saturated carbocycles. The number of tetrazole rings is 1. The van der Waals surface area contributed by atoms with Crippen LogP contribution in [0.3, 0.4) is 0 Å². The Labute approximate surface area is 214 Å². The molecule has 0 aliphatic carbocycles. The minimum absolute atomic E-state index is 0.142. The van der Waals surface area contributed by atoms with Crippen LogP contribution in [0.1, 0.15) is 33.4 Å². The molecule has 0 unspecified atom stereocenters. The maximum absolute atomic E-state index is 13.5. The molecular weight excluding hydrogens is 480 g/mol. The van der Waals surface area contributed by atoms with Crippen molar-refractivity contribution < 1.29 is 28.5 Å². The number of rotatable bonds is 8. The van der Waals surface area contributed by atoms with E-state index in [1.54, 1.807) is 29.8 Å². The highest BCUT2D eigenvalue weighted by Gasteiger charge is 2.38. The second-order valence-corrected chi connectivity index (χ2v) is 8.90. The van der Waals surface area contributed by atoms with Crippen LogP contribution in [0.2, 0.25) is 0 Å². The lowest BCUT2D eigenvalue weighted by Crippen LogP contribution is -2.37. The summed E-state index contributed by atoms with van der Waals surface area (Å²) in [4.78, 5) is 17.2. The molecule has 12 heteroatoms. The summed E-state index contributed by atoms with van der Waals surface area (Å²) in [7, 11) is 8.39. The van der Waals surface area contributed by atoms with Gasteiger partial charge in [0, 0.05) is 33.4 Å². The fourth-order valence-corrected chi connectivity index (χ4v) is 4.89. The zero-order valence-corrected chi connectivity index (χ0v) is 21.5. The Hall–Kier alpha value is -3.74. The van der Waals surface area contributed by atoms with Gasteiger partial charge < -0.3 is 28.6 Å². The lowest BCUT2D eigenvalue weighted by Gasteiger charge is -2.35. The van der Waals surface area contributed by atoms with Gasteiger partial charge >= 0.3 is 0 Å². The van der Waals surface area contributed by atoms with E-state index >= 15 is 0 Å². The predicted octanol–water partition coefficient (Wildman–Crippen LogP) is 1.67. The first-order chi connectivity index (χ1) is 18.0. The van der Waals surface area contributed by atoms with Crippen LogP contribution < -0.4 is 14.2 Å². The molecule has 2 aliphatic heterocycles. The molecule has 0 radical (unpaired) electrons. The molecule has 1 atom stereocenters. The Balaban J connectivity index is 1.58. The number of para-hydroxylation sites is 1. The van der Waals surface area contributed by atoms with Crippen LogP contribution in [0.25, 0.3) is 5.69 Å². The minimum Gasteiger partial charge on any atom is -0.492 e. The molecule has 0 bridgehead atoms. The fraction of sp³-hybridized carbons (Fsp3) is 0.440. The summed E-state index contributed by atoms with van der Waals surface area (Å²) in [6, 6.07) is 8.89. The summed E-state index contributed by atoms with van der Waals surface area (Å²) in [6.45, 7) is 1.17. The summed E-state index contributed by atoms with van der Waals surface area (Å²) in [6.07, 6.45) is 0.259. The van der Waals surface area contributed by atoms with Gasteiger partial charge in [-0.1, -0.05) is 12.1 Å². The van der Waals surface area contributed by atoms with Gasteiger partial charge in [0.1, 0.15) is 6.04 Å². The van der Waals surface area contributed by atoms with Gasteiger partial charge in [-0.05, 0) is 47.7 Å². The molecule has 3 heterocycles. The summed E-state index contributed by atoms with van der Waals surface area (Å²) in [5, 5.41) is 12.7. The van der Waals surface area contributed by atoms with Gasteiger partial charge in [-0.25, -0.2) is 0 Å². The molecule has 3 aromatic rings. The van der Waals surface area contributed by atoms with Crippen LogP contribution in [-0.4, -0.2) is 97.5 Å². The second-order valence-electron chi connectivity index (χ2n) is 8.90. The Morgan fingerprint density at radius 3 is 2.76 bits per heavy atom. The molecule has 2 aliphatic rings. The van der Waals surface area contributed by atoms with Crippen LogP contribution >= 0.6 is 0 Å². The first-order valence-electron chi connectivity index (χ1n) is 11.9. The van der Waals surface area contributed by atoms with Crippen molar-refractivity contribution >= 4 is 5.91 Å². The molecule has 12 nitrogen and oxygen atoms in total. The zero-order valence-electron chi connectivity index (χ0n) is 21.5. The van der Waals surface area contributed by atoms with Crippen molar-refractivity contribution in [2.45, 2.75) is 18.8 Å². The van der Waals surface area contributed by atoms with Crippen molar-refractivity contribution in [3.8, 4) is 22.9 Å². The second kappa shape index (κ2) is 10.3. The molecule has 196 valence electrons. The number of fused-ring (bicyclic) bond motifs is 2. The lowest BCUT2D eigenvalue weighted by atomic mass is 9.90. The first kappa shape index (κ1) is 24.9. The molecule has 0 spiro atoms. The molecule has 1 amide bonds. The molecule has 0 N–H and O–H groups in total. The highest BCUT2D eigenvalue weighted by Crippen LogP contribution is 2.50. The van der Waals surface area contributed by atoms with Crippen LogP contribution in [0.4, 0.5) is 0 Å². The van der Waals surface area contributed by atoms with Crippen LogP contribution in [0.5, 0.6) is 17.2 Å². The highest BCUT2D eigenvalue weighted by molar-refractivity contribution is 5.97. The molecule has 37 heavy (non-hydrogen) atoms. The number of carbonyl (C=O) groups excluding carboxylic acids is 1. The third-order valence-corrected chi connectivity index (χ3v) is 6.79. The standard InChI is InChI=1S/C25H30N6O6/c1-29-11-10-15-12-18-22(37-14-36-18)23(35-5)20(15)21(29)24-26-27-28-31(24)17-9-7-6-8-16(17)25(32)30(2)13-19(33-3)34-4/h6-9,12,19,21H,10-11,13-14H2,1-5H3/t21-/m1/s1. The third-order valence-electron chi connectivity index (χ3n) is 6.79. The normalized spacial score (nSPS) is 16.6. The van der Waals surface area contributed by atoms with E-state index in [1.165, 1.54) is 14.2 Å². The predicted molar refractivity (Wildman–Crippen MR) is 131 cm³/mol. The quantitative estimate of drug-likeness (QED) is 0.415. The number of nitrogens with zero attached hydrogens (tertiary/aromatic N) is 6. The summed E-state index contributed by atoms with van der Waals surface area (Å²) >= 11 is 0. The van der Waals surface area contributed by atoms with E-state index in [-0.39, 0.29) is 25.3 Å². The summed E-state index contributed by atoms with van der Waals surface area (Å²) in [5.41, 5.74) is 3.00.